The van der Waals surface area contributed by atoms with Crippen LogP contribution in [0.3, 0.4) is 0 Å². The average Bonchev–Trinajstić information content (AvgIpc) is 3.06. The Hall–Kier alpha value is -2.13. The van der Waals surface area contributed by atoms with Gasteiger partial charge in [0.1, 0.15) is 11.0 Å². The standard InChI is InChI=1S/C16H19N3O4S2/c1-3-12(14(21)22-4-2)24-16-19-18-15(25-16)17-13(20)10-23-11-8-6-5-7-9-11/h5-9,12H,3-4,10H2,1-2H3,(H,17,18,20)/t12-/m1/s1. The minimum absolute atomic E-state index is 0.119. The van der Waals surface area contributed by atoms with Crippen LogP contribution < -0.4 is 10.1 Å². The van der Waals surface area contributed by atoms with Gasteiger partial charge >= 0.3 is 5.97 Å². The maximum Gasteiger partial charge on any atom is 0.319 e. The highest BCUT2D eigenvalue weighted by Crippen LogP contribution is 2.30. The number of benzene rings is 1. The van der Waals surface area contributed by atoms with E-state index >= 15 is 0 Å². The van der Waals surface area contributed by atoms with Crippen LogP contribution in [-0.4, -0.2) is 40.5 Å². The van der Waals surface area contributed by atoms with Gasteiger partial charge in [-0.25, -0.2) is 0 Å². The molecule has 0 unspecified atom stereocenters. The van der Waals surface area contributed by atoms with Gasteiger partial charge in [0.15, 0.2) is 10.9 Å². The van der Waals surface area contributed by atoms with Crippen LogP contribution in [0.4, 0.5) is 5.13 Å². The molecule has 0 spiro atoms. The highest BCUT2D eigenvalue weighted by atomic mass is 32.2. The molecule has 1 aromatic carbocycles. The molecular formula is C16H19N3O4S2. The number of esters is 1. The normalized spacial score (nSPS) is 11.6. The van der Waals surface area contributed by atoms with Crippen LogP contribution in [0.5, 0.6) is 5.75 Å². The summed E-state index contributed by atoms with van der Waals surface area (Å²) in [6.07, 6.45) is 0.621. The van der Waals surface area contributed by atoms with E-state index in [0.29, 0.717) is 28.2 Å². The van der Waals surface area contributed by atoms with Crippen molar-refractivity contribution in [1.29, 1.82) is 0 Å². The summed E-state index contributed by atoms with van der Waals surface area (Å²) in [7, 11) is 0. The molecule has 0 aliphatic heterocycles. The number of aromatic nitrogens is 2. The fraction of sp³-hybridized carbons (Fsp3) is 0.375. The summed E-state index contributed by atoms with van der Waals surface area (Å²) in [6, 6.07) is 9.07. The SMILES string of the molecule is CCOC(=O)[C@@H](CC)Sc1nnc(NC(=O)COc2ccccc2)s1. The number of carbonyl (C=O) groups excluding carboxylic acids is 2. The number of hydrogen-bond acceptors (Lipinski definition) is 8. The fourth-order valence-electron chi connectivity index (χ4n) is 1.78. The molecule has 0 radical (unpaired) electrons. The smallest absolute Gasteiger partial charge is 0.319 e. The van der Waals surface area contributed by atoms with Gasteiger partial charge in [-0.1, -0.05) is 48.2 Å². The van der Waals surface area contributed by atoms with Gasteiger partial charge in [0.2, 0.25) is 5.13 Å². The molecule has 0 aliphatic carbocycles. The molecule has 0 saturated heterocycles. The van der Waals surface area contributed by atoms with Crippen molar-refractivity contribution in [3.8, 4) is 5.75 Å². The molecular weight excluding hydrogens is 362 g/mol. The summed E-state index contributed by atoms with van der Waals surface area (Å²) in [5.41, 5.74) is 0. The third-order valence-corrected chi connectivity index (χ3v) is 5.19. The third kappa shape index (κ3) is 6.35. The molecule has 1 atom stereocenters. The molecule has 1 N–H and O–H groups in total. The molecule has 0 saturated carbocycles. The zero-order chi connectivity index (χ0) is 18.1. The van der Waals surface area contributed by atoms with Crippen molar-refractivity contribution in [3.63, 3.8) is 0 Å². The van der Waals surface area contributed by atoms with Gasteiger partial charge in [0, 0.05) is 0 Å². The lowest BCUT2D eigenvalue weighted by Gasteiger charge is -2.10. The number of para-hydroxylation sites is 1. The van der Waals surface area contributed by atoms with Gasteiger partial charge in [-0.15, -0.1) is 10.2 Å². The first-order chi connectivity index (χ1) is 12.1. The lowest BCUT2D eigenvalue weighted by atomic mass is 10.3. The number of hydrogen-bond donors (Lipinski definition) is 1. The van der Waals surface area contributed by atoms with E-state index < -0.39 is 0 Å². The Labute approximate surface area is 154 Å². The fourth-order valence-corrected chi connectivity index (χ4v) is 3.72. The monoisotopic (exact) mass is 381 g/mol. The van der Waals surface area contributed by atoms with Crippen molar-refractivity contribution in [1.82, 2.24) is 10.2 Å². The molecule has 134 valence electrons. The quantitative estimate of drug-likeness (QED) is 0.406. The van der Waals surface area contributed by atoms with Crippen LogP contribution in [-0.2, 0) is 14.3 Å². The maximum atomic E-state index is 11.9. The molecule has 25 heavy (non-hydrogen) atoms. The maximum absolute atomic E-state index is 11.9. The van der Waals surface area contributed by atoms with Crippen molar-refractivity contribution in [2.75, 3.05) is 18.5 Å². The van der Waals surface area contributed by atoms with Gasteiger partial charge in [0.25, 0.3) is 5.91 Å². The zero-order valence-corrected chi connectivity index (χ0v) is 15.6. The van der Waals surface area contributed by atoms with Gasteiger partial charge in [0.05, 0.1) is 6.61 Å². The third-order valence-electron chi connectivity index (χ3n) is 2.93. The molecule has 2 aromatic rings. The van der Waals surface area contributed by atoms with E-state index in [1.807, 2.05) is 25.1 Å². The number of anilines is 1. The second-order valence-corrected chi connectivity index (χ2v) is 7.22. The second kappa shape index (κ2) is 10.00. The van der Waals surface area contributed by atoms with Crippen molar-refractivity contribution < 1.29 is 19.1 Å². The van der Waals surface area contributed by atoms with Crippen molar-refractivity contribution in [3.05, 3.63) is 30.3 Å². The number of nitrogens with one attached hydrogen (secondary N) is 1. The van der Waals surface area contributed by atoms with Crippen LogP contribution in [0, 0.1) is 0 Å². The molecule has 2 rings (SSSR count). The summed E-state index contributed by atoms with van der Waals surface area (Å²) in [5, 5.41) is 10.6. The van der Waals surface area contributed by atoms with Crippen LogP contribution in [0.15, 0.2) is 34.7 Å². The zero-order valence-electron chi connectivity index (χ0n) is 13.9. The van der Waals surface area contributed by atoms with Gasteiger partial charge in [-0.3, -0.25) is 14.9 Å². The Bertz CT molecular complexity index is 694. The minimum Gasteiger partial charge on any atom is -0.484 e. The number of nitrogens with zero attached hydrogens (tertiary/aromatic N) is 2. The van der Waals surface area contributed by atoms with E-state index in [-0.39, 0.29) is 23.7 Å². The number of thioether (sulfide) groups is 1. The van der Waals surface area contributed by atoms with Crippen molar-refractivity contribution in [2.24, 2.45) is 0 Å². The number of carbonyl (C=O) groups is 2. The minimum atomic E-state index is -0.335. The van der Waals surface area contributed by atoms with Crippen molar-refractivity contribution >= 4 is 40.1 Å². The summed E-state index contributed by atoms with van der Waals surface area (Å²) >= 11 is 2.49. The van der Waals surface area contributed by atoms with Gasteiger partial charge in [-0.2, -0.15) is 0 Å². The predicted molar refractivity (Wildman–Crippen MR) is 97.0 cm³/mol. The first-order valence-corrected chi connectivity index (χ1v) is 9.46. The molecule has 0 aliphatic rings. The van der Waals surface area contributed by atoms with Crippen LogP contribution in [0.2, 0.25) is 0 Å². The largest absolute Gasteiger partial charge is 0.484 e. The van der Waals surface area contributed by atoms with Crippen molar-refractivity contribution in [2.45, 2.75) is 29.9 Å². The van der Waals surface area contributed by atoms with Gasteiger partial charge in [-0.05, 0) is 25.5 Å². The number of ether oxygens (including phenoxy) is 2. The Morgan fingerprint density at radius 1 is 1.24 bits per heavy atom. The molecule has 1 amide bonds. The van der Waals surface area contributed by atoms with E-state index in [1.54, 1.807) is 19.1 Å². The summed E-state index contributed by atoms with van der Waals surface area (Å²) < 4.78 is 11.0. The Morgan fingerprint density at radius 3 is 2.68 bits per heavy atom. The summed E-state index contributed by atoms with van der Waals surface area (Å²) in [5.74, 6) is 0.0208. The van der Waals surface area contributed by atoms with E-state index in [2.05, 4.69) is 15.5 Å². The Morgan fingerprint density at radius 2 is 2.00 bits per heavy atom. The van der Waals surface area contributed by atoms with Crippen LogP contribution in [0.1, 0.15) is 20.3 Å². The number of amides is 1. The highest BCUT2D eigenvalue weighted by Gasteiger charge is 2.21. The van der Waals surface area contributed by atoms with E-state index in [1.165, 1.54) is 23.1 Å². The molecule has 0 bridgehead atoms. The lowest BCUT2D eigenvalue weighted by Crippen LogP contribution is -2.20. The summed E-state index contributed by atoms with van der Waals surface area (Å²) in [6.45, 7) is 3.89. The lowest BCUT2D eigenvalue weighted by molar-refractivity contribution is -0.142. The Kier molecular flexibility index (Phi) is 7.68. The van der Waals surface area contributed by atoms with Gasteiger partial charge < -0.3 is 9.47 Å². The van der Waals surface area contributed by atoms with E-state index in [9.17, 15) is 9.59 Å². The molecule has 1 aromatic heterocycles. The first-order valence-electron chi connectivity index (χ1n) is 7.76. The molecule has 7 nitrogen and oxygen atoms in total. The predicted octanol–water partition coefficient (Wildman–Crippen LogP) is 2.99. The van der Waals surface area contributed by atoms with E-state index in [4.69, 9.17) is 9.47 Å². The van der Waals surface area contributed by atoms with Crippen LogP contribution >= 0.6 is 23.1 Å². The second-order valence-electron chi connectivity index (χ2n) is 4.79. The first kappa shape index (κ1) is 19.2. The molecule has 1 heterocycles. The number of rotatable bonds is 9. The topological polar surface area (TPSA) is 90.4 Å². The molecule has 0 fully saturated rings. The molecule has 9 heteroatoms. The average molecular weight is 381 g/mol. The summed E-state index contributed by atoms with van der Waals surface area (Å²) in [4.78, 5) is 23.7. The van der Waals surface area contributed by atoms with E-state index in [0.717, 1.165) is 0 Å². The highest BCUT2D eigenvalue weighted by molar-refractivity contribution is 8.02. The Balaban J connectivity index is 1.83. The van der Waals surface area contributed by atoms with Crippen LogP contribution in [0.25, 0.3) is 0 Å².